The first kappa shape index (κ1) is 16.5. The van der Waals surface area contributed by atoms with Gasteiger partial charge in [0, 0.05) is 24.7 Å². The average molecular weight is 322 g/mol. The lowest BCUT2D eigenvalue weighted by atomic mass is 10.1. The number of aliphatic hydroxyl groups is 1. The molecule has 2 aromatic rings. The largest absolute Gasteiger partial charge is 0.394 e. The van der Waals surface area contributed by atoms with E-state index >= 15 is 0 Å². The fourth-order valence-corrected chi connectivity index (χ4v) is 2.46. The van der Waals surface area contributed by atoms with Crippen molar-refractivity contribution in [3.8, 4) is 0 Å². The second-order valence-corrected chi connectivity index (χ2v) is 5.70. The summed E-state index contributed by atoms with van der Waals surface area (Å²) < 4.78 is 1.74. The maximum Gasteiger partial charge on any atom is 0.220 e. The van der Waals surface area contributed by atoms with Crippen LogP contribution in [0.3, 0.4) is 0 Å². The fourth-order valence-electron chi connectivity index (χ4n) is 2.34. The van der Waals surface area contributed by atoms with Crippen molar-refractivity contribution in [3.63, 3.8) is 0 Å². The van der Waals surface area contributed by atoms with Crippen LogP contribution in [0, 0.1) is 6.92 Å². The molecule has 22 heavy (non-hydrogen) atoms. The lowest BCUT2D eigenvalue weighted by molar-refractivity contribution is -0.122. The molecule has 1 aromatic heterocycles. The Morgan fingerprint density at radius 2 is 2.09 bits per heavy atom. The van der Waals surface area contributed by atoms with Gasteiger partial charge in [-0.1, -0.05) is 23.7 Å². The number of nitrogens with zero attached hydrogens (tertiary/aromatic N) is 2. The maximum atomic E-state index is 12.1. The summed E-state index contributed by atoms with van der Waals surface area (Å²) in [6.07, 6.45) is 2.91. The number of aromatic nitrogens is 2. The highest BCUT2D eigenvalue weighted by Gasteiger charge is 2.14. The zero-order valence-electron chi connectivity index (χ0n) is 12.7. The van der Waals surface area contributed by atoms with Gasteiger partial charge in [0.2, 0.25) is 5.91 Å². The van der Waals surface area contributed by atoms with E-state index in [-0.39, 0.29) is 12.5 Å². The van der Waals surface area contributed by atoms with Crippen molar-refractivity contribution in [2.45, 2.75) is 25.8 Å². The Hall–Kier alpha value is -1.85. The van der Waals surface area contributed by atoms with Gasteiger partial charge in [-0.2, -0.15) is 5.10 Å². The van der Waals surface area contributed by atoms with Crippen molar-refractivity contribution in [3.05, 3.63) is 52.3 Å². The molecule has 1 aromatic carbocycles. The molecule has 0 aliphatic carbocycles. The highest BCUT2D eigenvalue weighted by Crippen LogP contribution is 2.16. The van der Waals surface area contributed by atoms with E-state index in [1.165, 1.54) is 0 Å². The van der Waals surface area contributed by atoms with Gasteiger partial charge in [0.1, 0.15) is 0 Å². The van der Waals surface area contributed by atoms with Crippen LogP contribution in [-0.4, -0.2) is 27.4 Å². The lowest BCUT2D eigenvalue weighted by Crippen LogP contribution is -2.30. The summed E-state index contributed by atoms with van der Waals surface area (Å²) in [6.45, 7) is 1.77. The van der Waals surface area contributed by atoms with E-state index < -0.39 is 6.04 Å². The molecule has 0 spiro atoms. The molecule has 2 N–H and O–H groups in total. The molecular formula is C16H20ClN3O2. The number of benzene rings is 1. The second kappa shape index (κ2) is 7.42. The van der Waals surface area contributed by atoms with Gasteiger partial charge in [-0.05, 0) is 36.6 Å². The van der Waals surface area contributed by atoms with E-state index in [0.29, 0.717) is 17.9 Å². The Morgan fingerprint density at radius 1 is 1.41 bits per heavy atom. The van der Waals surface area contributed by atoms with Crippen molar-refractivity contribution >= 4 is 17.5 Å². The number of halogens is 1. The average Bonchev–Trinajstić information content (AvgIpc) is 2.81. The minimum atomic E-state index is -0.417. The van der Waals surface area contributed by atoms with E-state index in [9.17, 15) is 9.90 Å². The molecule has 0 aliphatic heterocycles. The zero-order chi connectivity index (χ0) is 16.1. The van der Waals surface area contributed by atoms with E-state index in [4.69, 9.17) is 11.6 Å². The highest BCUT2D eigenvalue weighted by molar-refractivity contribution is 6.30. The normalized spacial score (nSPS) is 12.2. The van der Waals surface area contributed by atoms with Crippen LogP contribution in [0.25, 0.3) is 0 Å². The molecule has 0 bridgehead atoms. The molecule has 2 rings (SSSR count). The number of aliphatic hydroxyl groups excluding tert-OH is 1. The molecule has 1 amide bonds. The van der Waals surface area contributed by atoms with Gasteiger partial charge in [0.05, 0.1) is 18.3 Å². The third kappa shape index (κ3) is 4.32. The molecule has 0 fully saturated rings. The Kier molecular flexibility index (Phi) is 5.57. The molecule has 0 radical (unpaired) electrons. The quantitative estimate of drug-likeness (QED) is 0.857. The predicted molar refractivity (Wildman–Crippen MR) is 85.7 cm³/mol. The van der Waals surface area contributed by atoms with Crippen LogP contribution in [-0.2, 0) is 18.3 Å². The Balaban J connectivity index is 1.92. The summed E-state index contributed by atoms with van der Waals surface area (Å²) in [5.41, 5.74) is 2.83. The van der Waals surface area contributed by atoms with Crippen molar-refractivity contribution in [2.75, 3.05) is 6.61 Å². The number of amides is 1. The van der Waals surface area contributed by atoms with E-state index in [1.54, 1.807) is 28.9 Å². The van der Waals surface area contributed by atoms with Crippen molar-refractivity contribution in [2.24, 2.45) is 7.05 Å². The first-order valence-corrected chi connectivity index (χ1v) is 7.52. The Morgan fingerprint density at radius 3 is 2.64 bits per heavy atom. The van der Waals surface area contributed by atoms with E-state index in [1.807, 2.05) is 20.2 Å². The minimum Gasteiger partial charge on any atom is -0.394 e. The smallest absolute Gasteiger partial charge is 0.220 e. The maximum absolute atomic E-state index is 12.1. The topological polar surface area (TPSA) is 67.2 Å². The Labute approximate surface area is 134 Å². The first-order chi connectivity index (χ1) is 10.5. The molecule has 1 unspecified atom stereocenters. The van der Waals surface area contributed by atoms with Crippen LogP contribution in [0.15, 0.2) is 30.5 Å². The van der Waals surface area contributed by atoms with Crippen LogP contribution in [0.5, 0.6) is 0 Å². The van der Waals surface area contributed by atoms with Crippen molar-refractivity contribution < 1.29 is 9.90 Å². The molecule has 118 valence electrons. The fraction of sp³-hybridized carbons (Fsp3) is 0.375. The molecule has 5 nitrogen and oxygen atoms in total. The molecule has 0 saturated carbocycles. The van der Waals surface area contributed by atoms with Gasteiger partial charge in [0.25, 0.3) is 0 Å². The van der Waals surface area contributed by atoms with Crippen molar-refractivity contribution in [1.82, 2.24) is 15.1 Å². The molecule has 1 heterocycles. The number of nitrogens with one attached hydrogen (secondary N) is 1. The third-order valence-electron chi connectivity index (χ3n) is 3.53. The van der Waals surface area contributed by atoms with E-state index in [2.05, 4.69) is 10.4 Å². The summed E-state index contributed by atoms with van der Waals surface area (Å²) in [7, 11) is 1.86. The van der Waals surface area contributed by atoms with Crippen LogP contribution in [0.4, 0.5) is 0 Å². The first-order valence-electron chi connectivity index (χ1n) is 7.14. The van der Waals surface area contributed by atoms with Crippen molar-refractivity contribution in [1.29, 1.82) is 0 Å². The molecule has 1 atom stereocenters. The summed E-state index contributed by atoms with van der Waals surface area (Å²) >= 11 is 5.84. The lowest BCUT2D eigenvalue weighted by Gasteiger charge is -2.16. The number of rotatable bonds is 6. The van der Waals surface area contributed by atoms with Gasteiger partial charge in [-0.3, -0.25) is 9.48 Å². The summed E-state index contributed by atoms with van der Waals surface area (Å²) in [5.74, 6) is -0.0998. The Bertz CT molecular complexity index is 637. The van der Waals surface area contributed by atoms with Gasteiger partial charge >= 0.3 is 0 Å². The van der Waals surface area contributed by atoms with Gasteiger partial charge in [0.15, 0.2) is 0 Å². The molecule has 0 saturated heterocycles. The zero-order valence-corrected chi connectivity index (χ0v) is 13.5. The SMILES string of the molecule is Cc1nn(C)cc1CCC(=O)NC(CO)c1ccc(Cl)cc1. The number of carbonyl (C=O) groups is 1. The van der Waals surface area contributed by atoms with E-state index in [0.717, 1.165) is 16.8 Å². The minimum absolute atomic E-state index is 0.0998. The second-order valence-electron chi connectivity index (χ2n) is 5.27. The number of aryl methyl sites for hydroxylation is 3. The van der Waals surface area contributed by atoms with Crippen LogP contribution < -0.4 is 5.32 Å². The van der Waals surface area contributed by atoms with Gasteiger partial charge in [-0.15, -0.1) is 0 Å². The number of carbonyl (C=O) groups excluding carboxylic acids is 1. The third-order valence-corrected chi connectivity index (χ3v) is 3.78. The molecular weight excluding hydrogens is 302 g/mol. The monoisotopic (exact) mass is 321 g/mol. The predicted octanol–water partition coefficient (Wildman–Crippen LogP) is 2.16. The summed E-state index contributed by atoms with van der Waals surface area (Å²) in [4.78, 5) is 12.1. The summed E-state index contributed by atoms with van der Waals surface area (Å²) in [6, 6.07) is 6.67. The molecule has 6 heteroatoms. The standard InChI is InChI=1S/C16H20ClN3O2/c1-11-13(9-20(2)19-11)5-8-16(22)18-15(10-21)12-3-6-14(17)7-4-12/h3-4,6-7,9,15,21H,5,8,10H2,1-2H3,(H,18,22). The molecule has 0 aliphatic rings. The number of hydrogen-bond donors (Lipinski definition) is 2. The van der Waals surface area contributed by atoms with Gasteiger partial charge in [-0.25, -0.2) is 0 Å². The van der Waals surface area contributed by atoms with Gasteiger partial charge < -0.3 is 10.4 Å². The number of hydrogen-bond acceptors (Lipinski definition) is 3. The van der Waals surface area contributed by atoms with Crippen LogP contribution in [0.1, 0.15) is 29.3 Å². The van der Waals surface area contributed by atoms with Crippen LogP contribution in [0.2, 0.25) is 5.02 Å². The summed E-state index contributed by atoms with van der Waals surface area (Å²) in [5, 5.41) is 17.2. The van der Waals surface area contributed by atoms with Crippen LogP contribution >= 0.6 is 11.6 Å². The highest BCUT2D eigenvalue weighted by atomic mass is 35.5.